The molecule has 2 aromatic carbocycles. The molecule has 0 aliphatic heterocycles. The summed E-state index contributed by atoms with van der Waals surface area (Å²) in [5.41, 5.74) is 2.21. The molecular weight excluding hydrogens is 452 g/mol. The number of aryl methyl sites for hydroxylation is 2. The molecule has 9 nitrogen and oxygen atoms in total. The topological polar surface area (TPSA) is 132 Å². The Morgan fingerprint density at radius 1 is 0.829 bits per heavy atom. The summed E-state index contributed by atoms with van der Waals surface area (Å²) in [5, 5.41) is 12.3. The number of hydrogen-bond donors (Lipinski definition) is 2. The van der Waals surface area contributed by atoms with Crippen LogP contribution in [0.5, 0.6) is 0 Å². The minimum absolute atomic E-state index is 0.0592. The molecule has 1 amide bonds. The van der Waals surface area contributed by atoms with Gasteiger partial charge in [0.2, 0.25) is 12.2 Å². The maximum Gasteiger partial charge on any atom is 0.349 e. The zero-order valence-corrected chi connectivity index (χ0v) is 19.1. The summed E-state index contributed by atoms with van der Waals surface area (Å²) in [6, 6.07) is 17.8. The number of carboxylic acid groups (broad SMARTS) is 1. The van der Waals surface area contributed by atoms with Gasteiger partial charge < -0.3 is 19.9 Å². The zero-order chi connectivity index (χ0) is 25.4. The standard InChI is InChI=1S/C26H24N2O7/c1-16-7-5-9-18(13-16)25(32)34-21(23(29)28-15-20-11-3-4-12-27-20)22(24(30)31)35-26(33)19-10-6-8-17(2)14-19/h3-14,21-22H,15H2,1-2H3,(H,28,29)(H,30,31)/t21-,22+/m0/s1. The second-order valence-electron chi connectivity index (χ2n) is 7.77. The fourth-order valence-electron chi connectivity index (χ4n) is 3.19. The van der Waals surface area contributed by atoms with Gasteiger partial charge in [0, 0.05) is 6.20 Å². The molecule has 0 aliphatic carbocycles. The lowest BCUT2D eigenvalue weighted by Crippen LogP contribution is -2.50. The second kappa shape index (κ2) is 11.6. The summed E-state index contributed by atoms with van der Waals surface area (Å²) in [6.45, 7) is 3.46. The first-order chi connectivity index (χ1) is 16.7. The number of aromatic nitrogens is 1. The number of aliphatic carboxylic acids is 1. The Balaban J connectivity index is 1.86. The molecule has 3 aromatic rings. The van der Waals surface area contributed by atoms with Crippen LogP contribution in [0.2, 0.25) is 0 Å². The number of amides is 1. The van der Waals surface area contributed by atoms with Crippen LogP contribution in [0.1, 0.15) is 37.5 Å². The molecule has 1 heterocycles. The highest BCUT2D eigenvalue weighted by molar-refractivity contribution is 5.96. The fraction of sp³-hybridized carbons (Fsp3) is 0.192. The van der Waals surface area contributed by atoms with Crippen molar-refractivity contribution >= 4 is 23.8 Å². The fourth-order valence-corrected chi connectivity index (χ4v) is 3.19. The van der Waals surface area contributed by atoms with Crippen molar-refractivity contribution in [3.05, 3.63) is 101 Å². The predicted molar refractivity (Wildman–Crippen MR) is 124 cm³/mol. The van der Waals surface area contributed by atoms with Crippen LogP contribution in [-0.4, -0.2) is 46.1 Å². The van der Waals surface area contributed by atoms with Crippen LogP contribution in [0.15, 0.2) is 72.9 Å². The summed E-state index contributed by atoms with van der Waals surface area (Å²) >= 11 is 0. The van der Waals surface area contributed by atoms with E-state index in [9.17, 15) is 24.3 Å². The van der Waals surface area contributed by atoms with Crippen molar-refractivity contribution in [1.29, 1.82) is 0 Å². The normalized spacial score (nSPS) is 12.2. The van der Waals surface area contributed by atoms with Gasteiger partial charge in [-0.05, 0) is 50.2 Å². The number of carboxylic acids is 1. The van der Waals surface area contributed by atoms with E-state index >= 15 is 0 Å². The average molecular weight is 476 g/mol. The van der Waals surface area contributed by atoms with Gasteiger partial charge in [-0.2, -0.15) is 0 Å². The van der Waals surface area contributed by atoms with E-state index in [1.165, 1.54) is 30.5 Å². The van der Waals surface area contributed by atoms with E-state index in [4.69, 9.17) is 9.47 Å². The van der Waals surface area contributed by atoms with Crippen molar-refractivity contribution in [3.8, 4) is 0 Å². The molecule has 35 heavy (non-hydrogen) atoms. The third-order valence-corrected chi connectivity index (χ3v) is 4.92. The summed E-state index contributed by atoms with van der Waals surface area (Å²) in [5.74, 6) is -4.53. The molecule has 0 spiro atoms. The smallest absolute Gasteiger partial charge is 0.349 e. The minimum atomic E-state index is -2.10. The summed E-state index contributed by atoms with van der Waals surface area (Å²) in [7, 11) is 0. The van der Waals surface area contributed by atoms with Gasteiger partial charge in [0.15, 0.2) is 0 Å². The molecule has 0 radical (unpaired) electrons. The van der Waals surface area contributed by atoms with Gasteiger partial charge in [-0.1, -0.05) is 41.5 Å². The number of nitrogens with one attached hydrogen (secondary N) is 1. The van der Waals surface area contributed by atoms with E-state index in [1.54, 1.807) is 56.3 Å². The van der Waals surface area contributed by atoms with Crippen molar-refractivity contribution in [1.82, 2.24) is 10.3 Å². The first-order valence-electron chi connectivity index (χ1n) is 10.7. The SMILES string of the molecule is Cc1cccc(C(=O)O[C@H](C(=O)NCc2ccccn2)[C@@H](OC(=O)c2cccc(C)c2)C(=O)O)c1. The molecule has 1 aromatic heterocycles. The van der Waals surface area contributed by atoms with Gasteiger partial charge in [0.05, 0.1) is 23.4 Å². The summed E-state index contributed by atoms with van der Waals surface area (Å²) in [6.07, 6.45) is -2.53. The van der Waals surface area contributed by atoms with Gasteiger partial charge in [0.25, 0.3) is 5.91 Å². The highest BCUT2D eigenvalue weighted by atomic mass is 16.6. The third kappa shape index (κ3) is 6.97. The maximum absolute atomic E-state index is 13.0. The molecule has 2 N–H and O–H groups in total. The lowest BCUT2D eigenvalue weighted by Gasteiger charge is -2.23. The molecule has 0 saturated heterocycles. The van der Waals surface area contributed by atoms with Gasteiger partial charge in [-0.15, -0.1) is 0 Å². The van der Waals surface area contributed by atoms with Crippen LogP contribution in [0.4, 0.5) is 0 Å². The van der Waals surface area contributed by atoms with Crippen LogP contribution in [0.3, 0.4) is 0 Å². The van der Waals surface area contributed by atoms with Crippen LogP contribution in [0.25, 0.3) is 0 Å². The molecule has 0 fully saturated rings. The van der Waals surface area contributed by atoms with Gasteiger partial charge >= 0.3 is 17.9 Å². The largest absolute Gasteiger partial charge is 0.478 e. The van der Waals surface area contributed by atoms with Crippen molar-refractivity contribution in [2.24, 2.45) is 0 Å². The van der Waals surface area contributed by atoms with Crippen LogP contribution in [0, 0.1) is 13.8 Å². The Morgan fingerprint density at radius 2 is 1.40 bits per heavy atom. The number of carbonyl (C=O) groups is 4. The number of ether oxygens (including phenoxy) is 2. The average Bonchev–Trinajstić information content (AvgIpc) is 2.84. The monoisotopic (exact) mass is 476 g/mol. The van der Waals surface area contributed by atoms with Crippen LogP contribution < -0.4 is 5.32 Å². The Bertz CT molecular complexity index is 1230. The molecule has 9 heteroatoms. The minimum Gasteiger partial charge on any atom is -0.478 e. The van der Waals surface area contributed by atoms with Crippen LogP contribution >= 0.6 is 0 Å². The first-order valence-corrected chi connectivity index (χ1v) is 10.7. The number of hydrogen-bond acceptors (Lipinski definition) is 7. The molecule has 0 saturated carbocycles. The number of esters is 2. The van der Waals surface area contributed by atoms with E-state index in [0.29, 0.717) is 5.69 Å². The Hall–Kier alpha value is -4.53. The number of nitrogens with zero attached hydrogens (tertiary/aromatic N) is 1. The van der Waals surface area contributed by atoms with Crippen molar-refractivity contribution in [2.75, 3.05) is 0 Å². The summed E-state index contributed by atoms with van der Waals surface area (Å²) in [4.78, 5) is 54.6. The number of rotatable bonds is 9. The van der Waals surface area contributed by atoms with Crippen molar-refractivity contribution in [3.63, 3.8) is 0 Å². The Labute approximate surface area is 201 Å². The van der Waals surface area contributed by atoms with Crippen molar-refractivity contribution < 1.29 is 33.8 Å². The van der Waals surface area contributed by atoms with E-state index in [1.807, 2.05) is 0 Å². The quantitative estimate of drug-likeness (QED) is 0.451. The molecule has 2 atom stereocenters. The molecular formula is C26H24N2O7. The molecule has 3 rings (SSSR count). The van der Waals surface area contributed by atoms with E-state index < -0.39 is 36.0 Å². The highest BCUT2D eigenvalue weighted by Gasteiger charge is 2.41. The molecule has 0 aliphatic rings. The van der Waals surface area contributed by atoms with E-state index in [0.717, 1.165) is 11.1 Å². The van der Waals surface area contributed by atoms with Gasteiger partial charge in [0.1, 0.15) is 0 Å². The number of benzene rings is 2. The van der Waals surface area contributed by atoms with Crippen molar-refractivity contribution in [2.45, 2.75) is 32.6 Å². The van der Waals surface area contributed by atoms with E-state index in [-0.39, 0.29) is 17.7 Å². The lowest BCUT2D eigenvalue weighted by molar-refractivity contribution is -0.159. The summed E-state index contributed by atoms with van der Waals surface area (Å²) < 4.78 is 10.5. The lowest BCUT2D eigenvalue weighted by atomic mass is 10.1. The predicted octanol–water partition coefficient (Wildman–Crippen LogP) is 2.85. The Kier molecular flexibility index (Phi) is 8.29. The van der Waals surface area contributed by atoms with Gasteiger partial charge in [-0.3, -0.25) is 9.78 Å². The second-order valence-corrected chi connectivity index (χ2v) is 7.77. The molecule has 180 valence electrons. The van der Waals surface area contributed by atoms with E-state index in [2.05, 4.69) is 10.3 Å². The number of pyridine rings is 1. The zero-order valence-electron chi connectivity index (χ0n) is 19.1. The molecule has 0 bridgehead atoms. The van der Waals surface area contributed by atoms with Gasteiger partial charge in [-0.25, -0.2) is 14.4 Å². The first kappa shape index (κ1) is 25.1. The third-order valence-electron chi connectivity index (χ3n) is 4.92. The Morgan fingerprint density at radius 3 is 1.89 bits per heavy atom. The molecule has 0 unspecified atom stereocenters. The highest BCUT2D eigenvalue weighted by Crippen LogP contribution is 2.15. The maximum atomic E-state index is 13.0. The number of carbonyl (C=O) groups excluding carboxylic acids is 3. The van der Waals surface area contributed by atoms with Crippen LogP contribution in [-0.2, 0) is 25.6 Å².